The van der Waals surface area contributed by atoms with Gasteiger partial charge in [-0.25, -0.2) is 0 Å². The fraction of sp³-hybridized carbons (Fsp3) is 0.0282. The van der Waals surface area contributed by atoms with Crippen LogP contribution in [0, 0.1) is 0 Å². The molecule has 0 unspecified atom stereocenters. The number of benzene rings is 23. The Balaban J connectivity index is 0.000000143. The number of hydrogen-bond donors (Lipinski definition) is 0. The number of rotatable bonds is 17. The van der Waals surface area contributed by atoms with Gasteiger partial charge in [-0.15, -0.1) is 0 Å². The van der Waals surface area contributed by atoms with E-state index >= 15 is 0 Å². The van der Waals surface area contributed by atoms with Crippen molar-refractivity contribution in [2.75, 3.05) is 9.80 Å². The molecule has 2 aliphatic rings. The number of anilines is 6. The maximum Gasteiger partial charge on any atom is 0.0714 e. The summed E-state index contributed by atoms with van der Waals surface area (Å²) in [5.74, 6) is 0. The van der Waals surface area contributed by atoms with E-state index in [1.807, 2.05) is 0 Å². The Bertz CT molecular complexity index is 9370. The van der Waals surface area contributed by atoms with Gasteiger partial charge in [-0.1, -0.05) is 396 Å². The van der Waals surface area contributed by atoms with E-state index in [0.29, 0.717) is 0 Å². The molecule has 0 saturated carbocycles. The summed E-state index contributed by atoms with van der Waals surface area (Å²) in [6.45, 7) is 4.71. The number of aromatic nitrogens is 4. The van der Waals surface area contributed by atoms with E-state index in [4.69, 9.17) is 0 Å². The van der Waals surface area contributed by atoms with Crippen LogP contribution in [0.15, 0.2) is 558 Å². The molecule has 696 valence electrons. The van der Waals surface area contributed by atoms with Crippen molar-refractivity contribution in [1.82, 2.24) is 18.3 Å². The molecule has 6 heteroatoms. The first kappa shape index (κ1) is 86.7. The number of hydrogen-bond acceptors (Lipinski definition) is 2. The van der Waals surface area contributed by atoms with Gasteiger partial charge in [-0.05, 0) is 287 Å². The van der Waals surface area contributed by atoms with E-state index in [9.17, 15) is 0 Å². The third-order valence-electron chi connectivity index (χ3n) is 31.3. The molecule has 29 rings (SSSR count). The Kier molecular flexibility index (Phi) is 20.8. The van der Waals surface area contributed by atoms with Crippen molar-refractivity contribution in [3.05, 3.63) is 591 Å². The molecule has 0 N–H and O–H groups in total. The lowest BCUT2D eigenvalue weighted by Gasteiger charge is -2.35. The van der Waals surface area contributed by atoms with Crippen LogP contribution in [0.1, 0.15) is 47.2 Å². The average molecular weight is 1890 g/mol. The zero-order valence-corrected chi connectivity index (χ0v) is 81.8. The largest absolute Gasteiger partial charge is 0.311 e. The third kappa shape index (κ3) is 14.0. The SMILES string of the molecule is CC1(C)c2ccccc2-c2ccc(-c3ccc(N(c4ccc(-c5cccc6c5c5ccccc5n6-c5ccccc5)cc4)c4ccc(-c5cccc6c5c5ccccc5n6-c5ccccc5)cc4)cc3)cc21.c1ccc(-n2c3ccccc3c3c(-c4ccc(N(c5ccc(-c6cccc7c6c6ccccc6n7-c6ccccc6)cc5)c5ccc6c(c5)C(c5ccccc5)(c5ccccc5)c5ccccc5-6)cc4)cccc32)cc1. The molecule has 2 aliphatic carbocycles. The Labute approximate surface area is 860 Å². The van der Waals surface area contributed by atoms with E-state index in [1.54, 1.807) is 0 Å². The normalized spacial score (nSPS) is 12.6. The van der Waals surface area contributed by atoms with Crippen molar-refractivity contribution in [3.63, 3.8) is 0 Å². The maximum absolute atomic E-state index is 2.47. The highest BCUT2D eigenvalue weighted by Gasteiger charge is 2.47. The van der Waals surface area contributed by atoms with Crippen LogP contribution in [0.2, 0.25) is 0 Å². The van der Waals surface area contributed by atoms with Gasteiger partial charge in [0.1, 0.15) is 0 Å². The first-order valence-electron chi connectivity index (χ1n) is 51.3. The van der Waals surface area contributed by atoms with Gasteiger partial charge in [0, 0.05) is 105 Å². The lowest BCUT2D eigenvalue weighted by Crippen LogP contribution is -2.28. The summed E-state index contributed by atoms with van der Waals surface area (Å²) in [6, 6.07) is 205. The van der Waals surface area contributed by atoms with Crippen molar-refractivity contribution in [3.8, 4) is 101 Å². The van der Waals surface area contributed by atoms with Crippen molar-refractivity contribution < 1.29 is 0 Å². The van der Waals surface area contributed by atoms with Crippen LogP contribution in [-0.4, -0.2) is 18.3 Å². The van der Waals surface area contributed by atoms with Crippen molar-refractivity contribution >= 4 is 121 Å². The average Bonchev–Trinajstić information content (AvgIpc) is 1.53. The molecule has 0 bridgehead atoms. The highest BCUT2D eigenvalue weighted by molar-refractivity contribution is 6.20. The van der Waals surface area contributed by atoms with Gasteiger partial charge in [-0.2, -0.15) is 0 Å². The second-order valence-corrected chi connectivity index (χ2v) is 39.6. The van der Waals surface area contributed by atoms with Gasteiger partial charge in [0.15, 0.2) is 0 Å². The van der Waals surface area contributed by atoms with E-state index in [0.717, 1.165) is 56.9 Å². The monoisotopic (exact) mass is 1890 g/mol. The summed E-state index contributed by atoms with van der Waals surface area (Å²) < 4.78 is 9.57. The van der Waals surface area contributed by atoms with Crippen molar-refractivity contribution in [2.24, 2.45) is 0 Å². The maximum atomic E-state index is 2.47. The second-order valence-electron chi connectivity index (χ2n) is 39.6. The van der Waals surface area contributed by atoms with Crippen LogP contribution in [0.3, 0.4) is 0 Å². The Morgan fingerprint density at radius 2 is 0.392 bits per heavy atom. The Morgan fingerprint density at radius 1 is 0.155 bits per heavy atom. The molecular formula is C142H98N6. The fourth-order valence-corrected chi connectivity index (χ4v) is 24.8. The predicted octanol–water partition coefficient (Wildman–Crippen LogP) is 37.7. The summed E-state index contributed by atoms with van der Waals surface area (Å²) >= 11 is 0. The molecule has 27 aromatic rings. The highest BCUT2D eigenvalue weighted by Crippen LogP contribution is 2.59. The molecule has 148 heavy (non-hydrogen) atoms. The third-order valence-corrected chi connectivity index (χ3v) is 31.3. The summed E-state index contributed by atoms with van der Waals surface area (Å²) in [5, 5.41) is 9.98. The summed E-state index contributed by atoms with van der Waals surface area (Å²) in [4.78, 5) is 4.84. The summed E-state index contributed by atoms with van der Waals surface area (Å²) in [7, 11) is 0. The molecule has 6 nitrogen and oxygen atoms in total. The van der Waals surface area contributed by atoms with Crippen LogP contribution in [0.25, 0.3) is 188 Å². The van der Waals surface area contributed by atoms with E-state index in [2.05, 4.69) is 600 Å². The number of nitrogens with zero attached hydrogens (tertiary/aromatic N) is 6. The molecule has 4 heterocycles. The van der Waals surface area contributed by atoms with Gasteiger partial charge in [0.2, 0.25) is 0 Å². The first-order valence-corrected chi connectivity index (χ1v) is 51.3. The number of para-hydroxylation sites is 8. The molecule has 0 atom stereocenters. The predicted molar refractivity (Wildman–Crippen MR) is 622 cm³/mol. The highest BCUT2D eigenvalue weighted by atomic mass is 15.1. The molecular weight excluding hydrogens is 1790 g/mol. The first-order chi connectivity index (χ1) is 73.2. The van der Waals surface area contributed by atoms with Gasteiger partial charge >= 0.3 is 0 Å². The molecule has 0 aliphatic heterocycles. The minimum Gasteiger partial charge on any atom is -0.311 e. The van der Waals surface area contributed by atoms with Crippen LogP contribution in [0.5, 0.6) is 0 Å². The topological polar surface area (TPSA) is 26.2 Å². The minimum absolute atomic E-state index is 0.0635. The quantitative estimate of drug-likeness (QED) is 0.0908. The van der Waals surface area contributed by atoms with E-state index < -0.39 is 5.41 Å². The lowest BCUT2D eigenvalue weighted by molar-refractivity contribution is 0.660. The van der Waals surface area contributed by atoms with Gasteiger partial charge < -0.3 is 28.1 Å². The molecule has 0 saturated heterocycles. The van der Waals surface area contributed by atoms with Crippen LogP contribution >= 0.6 is 0 Å². The Morgan fingerprint density at radius 3 is 0.736 bits per heavy atom. The standard InChI is InChI=1S/C73H49N3.C69H49N3/c1-5-21-52(22-6-1)73(53-23-7-2-8-24-53)65-34-16-13-29-61(65)62-48-47-58(49-66(62)73)74(56-43-39-50(40-44-56)59-32-19-37-69-71(59)63-30-14-17-35-67(63)75(69)54-25-9-3-10-26-54)57-45-41-51(42-46-57)60-33-20-38-70-72(60)64-31-15-18-36-68(64)76(70)55-27-11-4-12-28-55;1-69(2)61-26-12-9-21-57(61)58-44-37-49(45-62(58)69)46-31-38-52(39-32-46)70(53-40-33-47(34-41-53)55-24-15-29-65-67(55)59-22-10-13-27-63(59)71(65)50-17-5-3-6-18-50)54-42-35-48(36-43-54)56-25-16-30-66-68(56)60-23-11-14-28-64(60)72(66)51-19-7-4-8-20-51/h1-49H;3-45H,1-2H3. The van der Waals surface area contributed by atoms with Crippen molar-refractivity contribution in [2.45, 2.75) is 24.7 Å². The van der Waals surface area contributed by atoms with E-state index in [-0.39, 0.29) is 5.41 Å². The molecule has 0 spiro atoms. The van der Waals surface area contributed by atoms with Crippen LogP contribution in [0.4, 0.5) is 34.1 Å². The molecule has 0 radical (unpaired) electrons. The van der Waals surface area contributed by atoms with E-state index in [1.165, 1.54) is 198 Å². The summed E-state index contributed by atoms with van der Waals surface area (Å²) in [5.41, 5.74) is 45.1. The zero-order valence-electron chi connectivity index (χ0n) is 81.8. The number of fused-ring (bicyclic) bond motifs is 18. The van der Waals surface area contributed by atoms with Gasteiger partial charge in [0.05, 0.1) is 49.5 Å². The van der Waals surface area contributed by atoms with Gasteiger partial charge in [-0.3, -0.25) is 0 Å². The van der Waals surface area contributed by atoms with Crippen molar-refractivity contribution in [1.29, 1.82) is 0 Å². The Hall–Kier alpha value is -19.1. The smallest absolute Gasteiger partial charge is 0.0714 e. The molecule has 0 amide bonds. The molecule has 0 fully saturated rings. The van der Waals surface area contributed by atoms with Gasteiger partial charge in [0.25, 0.3) is 0 Å². The van der Waals surface area contributed by atoms with Crippen LogP contribution < -0.4 is 9.80 Å². The minimum atomic E-state index is -0.543. The summed E-state index contributed by atoms with van der Waals surface area (Å²) in [6.07, 6.45) is 0. The molecule has 23 aromatic carbocycles. The zero-order chi connectivity index (χ0) is 98.1. The van der Waals surface area contributed by atoms with Crippen LogP contribution in [-0.2, 0) is 10.8 Å². The lowest BCUT2D eigenvalue weighted by atomic mass is 9.67. The second kappa shape index (κ2) is 35.5. The molecule has 4 aromatic heterocycles. The fourth-order valence-electron chi connectivity index (χ4n) is 24.8.